The van der Waals surface area contributed by atoms with Crippen LogP contribution in [0.15, 0.2) is 29.0 Å². The summed E-state index contributed by atoms with van der Waals surface area (Å²) < 4.78 is 32.3. The standard InChI is InChI=1S/C12H9BrF2N2O/c1-2-8-5-11(17-6-16-8)18-10-4-7(13)3-9(14)12(10)15/h3-6H,2H2,1H3. The molecule has 94 valence electrons. The number of aryl methyl sites for hydroxylation is 1. The van der Waals surface area contributed by atoms with Crippen molar-refractivity contribution in [1.29, 1.82) is 0 Å². The maximum Gasteiger partial charge on any atom is 0.222 e. The number of ether oxygens (including phenoxy) is 1. The summed E-state index contributed by atoms with van der Waals surface area (Å²) in [6.07, 6.45) is 2.02. The van der Waals surface area contributed by atoms with Crippen molar-refractivity contribution in [3.63, 3.8) is 0 Å². The van der Waals surface area contributed by atoms with Crippen LogP contribution >= 0.6 is 15.9 Å². The van der Waals surface area contributed by atoms with Gasteiger partial charge in [-0.3, -0.25) is 0 Å². The molecular weight excluding hydrogens is 306 g/mol. The quantitative estimate of drug-likeness (QED) is 0.807. The zero-order chi connectivity index (χ0) is 13.1. The zero-order valence-corrected chi connectivity index (χ0v) is 11.0. The topological polar surface area (TPSA) is 35.0 Å². The van der Waals surface area contributed by atoms with Gasteiger partial charge in [0.15, 0.2) is 11.6 Å². The minimum Gasteiger partial charge on any atom is -0.436 e. The van der Waals surface area contributed by atoms with Crippen molar-refractivity contribution in [3.8, 4) is 11.6 Å². The molecule has 0 unspecified atom stereocenters. The van der Waals surface area contributed by atoms with Crippen LogP contribution < -0.4 is 4.74 Å². The monoisotopic (exact) mass is 314 g/mol. The molecule has 2 rings (SSSR count). The van der Waals surface area contributed by atoms with Gasteiger partial charge in [-0.1, -0.05) is 22.9 Å². The van der Waals surface area contributed by atoms with Gasteiger partial charge in [-0.2, -0.15) is 4.39 Å². The number of hydrogen-bond donors (Lipinski definition) is 0. The summed E-state index contributed by atoms with van der Waals surface area (Å²) >= 11 is 3.07. The van der Waals surface area contributed by atoms with E-state index in [4.69, 9.17) is 4.74 Å². The molecule has 0 amide bonds. The third-order valence-electron chi connectivity index (χ3n) is 2.23. The Morgan fingerprint density at radius 2 is 2.00 bits per heavy atom. The third-order valence-corrected chi connectivity index (χ3v) is 2.69. The van der Waals surface area contributed by atoms with Gasteiger partial charge in [0.2, 0.25) is 11.7 Å². The van der Waals surface area contributed by atoms with Crippen molar-refractivity contribution in [2.75, 3.05) is 0 Å². The van der Waals surface area contributed by atoms with Crippen LogP contribution in [0.25, 0.3) is 0 Å². The first kappa shape index (κ1) is 12.9. The lowest BCUT2D eigenvalue weighted by atomic mass is 10.3. The van der Waals surface area contributed by atoms with Crippen LogP contribution in [-0.4, -0.2) is 9.97 Å². The summed E-state index contributed by atoms with van der Waals surface area (Å²) in [5.41, 5.74) is 0.760. The number of aromatic nitrogens is 2. The molecule has 0 fully saturated rings. The first-order valence-corrected chi connectivity index (χ1v) is 6.02. The van der Waals surface area contributed by atoms with E-state index in [2.05, 4.69) is 25.9 Å². The molecule has 0 atom stereocenters. The largest absolute Gasteiger partial charge is 0.436 e. The number of rotatable bonds is 3. The van der Waals surface area contributed by atoms with E-state index in [1.54, 1.807) is 6.07 Å². The molecule has 0 saturated carbocycles. The predicted molar refractivity (Wildman–Crippen MR) is 65.5 cm³/mol. The van der Waals surface area contributed by atoms with Crippen LogP contribution in [0.3, 0.4) is 0 Å². The summed E-state index contributed by atoms with van der Waals surface area (Å²) in [5.74, 6) is -2.07. The van der Waals surface area contributed by atoms with Gasteiger partial charge in [0.25, 0.3) is 0 Å². The predicted octanol–water partition coefficient (Wildman–Crippen LogP) is 3.87. The fraction of sp³-hybridized carbons (Fsp3) is 0.167. The smallest absolute Gasteiger partial charge is 0.222 e. The number of hydrogen-bond acceptors (Lipinski definition) is 3. The van der Waals surface area contributed by atoms with E-state index < -0.39 is 11.6 Å². The van der Waals surface area contributed by atoms with Crippen LogP contribution in [0.4, 0.5) is 8.78 Å². The molecule has 18 heavy (non-hydrogen) atoms. The molecule has 3 nitrogen and oxygen atoms in total. The molecule has 0 radical (unpaired) electrons. The Hall–Kier alpha value is -1.56. The third kappa shape index (κ3) is 2.81. The van der Waals surface area contributed by atoms with Crippen molar-refractivity contribution >= 4 is 15.9 Å². The molecule has 0 saturated heterocycles. The van der Waals surface area contributed by atoms with Crippen LogP contribution in [-0.2, 0) is 6.42 Å². The van der Waals surface area contributed by atoms with Gasteiger partial charge in [0.05, 0.1) is 0 Å². The summed E-state index contributed by atoms with van der Waals surface area (Å²) in [6.45, 7) is 1.92. The van der Waals surface area contributed by atoms with Crippen molar-refractivity contribution in [2.45, 2.75) is 13.3 Å². The minimum absolute atomic E-state index is 0.179. The van der Waals surface area contributed by atoms with E-state index in [-0.39, 0.29) is 11.6 Å². The molecule has 0 N–H and O–H groups in total. The summed E-state index contributed by atoms with van der Waals surface area (Å²) in [5, 5.41) is 0. The number of benzene rings is 1. The van der Waals surface area contributed by atoms with Crippen molar-refractivity contribution in [1.82, 2.24) is 9.97 Å². The Kier molecular flexibility index (Phi) is 3.86. The van der Waals surface area contributed by atoms with Gasteiger partial charge >= 0.3 is 0 Å². The summed E-state index contributed by atoms with van der Waals surface area (Å²) in [7, 11) is 0. The highest BCUT2D eigenvalue weighted by molar-refractivity contribution is 9.10. The Morgan fingerprint density at radius 1 is 1.22 bits per heavy atom. The molecule has 1 aromatic carbocycles. The average Bonchev–Trinajstić information content (AvgIpc) is 2.35. The minimum atomic E-state index is -1.05. The van der Waals surface area contributed by atoms with Gasteiger partial charge in [-0.25, -0.2) is 14.4 Å². The van der Waals surface area contributed by atoms with Crippen molar-refractivity contribution in [2.24, 2.45) is 0 Å². The SMILES string of the molecule is CCc1cc(Oc2cc(Br)cc(F)c2F)ncn1. The van der Waals surface area contributed by atoms with Gasteiger partial charge in [-0.15, -0.1) is 0 Å². The van der Waals surface area contributed by atoms with E-state index >= 15 is 0 Å². The average molecular weight is 315 g/mol. The Morgan fingerprint density at radius 3 is 2.72 bits per heavy atom. The van der Waals surface area contributed by atoms with Crippen LogP contribution in [0.2, 0.25) is 0 Å². The van der Waals surface area contributed by atoms with E-state index in [1.807, 2.05) is 6.92 Å². The molecule has 0 aliphatic heterocycles. The lowest BCUT2D eigenvalue weighted by Crippen LogP contribution is -1.96. The highest BCUT2D eigenvalue weighted by Crippen LogP contribution is 2.28. The highest BCUT2D eigenvalue weighted by Gasteiger charge is 2.12. The molecule has 2 aromatic rings. The van der Waals surface area contributed by atoms with E-state index in [9.17, 15) is 8.78 Å². The van der Waals surface area contributed by atoms with Gasteiger partial charge in [-0.05, 0) is 18.6 Å². The normalized spacial score (nSPS) is 10.4. The molecule has 0 bridgehead atoms. The lowest BCUT2D eigenvalue weighted by molar-refractivity contribution is 0.403. The van der Waals surface area contributed by atoms with E-state index in [0.29, 0.717) is 10.9 Å². The van der Waals surface area contributed by atoms with Crippen LogP contribution in [0.5, 0.6) is 11.6 Å². The van der Waals surface area contributed by atoms with Gasteiger partial charge in [0.1, 0.15) is 6.33 Å². The van der Waals surface area contributed by atoms with Gasteiger partial charge in [0, 0.05) is 16.2 Å². The molecule has 1 aromatic heterocycles. The van der Waals surface area contributed by atoms with E-state index in [0.717, 1.165) is 11.8 Å². The zero-order valence-electron chi connectivity index (χ0n) is 9.45. The molecular formula is C12H9BrF2N2O. The molecule has 1 heterocycles. The highest BCUT2D eigenvalue weighted by atomic mass is 79.9. The second-order valence-electron chi connectivity index (χ2n) is 3.50. The fourth-order valence-corrected chi connectivity index (χ4v) is 1.75. The number of nitrogens with zero attached hydrogens (tertiary/aromatic N) is 2. The molecule has 0 aliphatic rings. The lowest BCUT2D eigenvalue weighted by Gasteiger charge is -2.07. The Labute approximate surface area is 111 Å². The first-order chi connectivity index (χ1) is 8.60. The van der Waals surface area contributed by atoms with Crippen LogP contribution in [0.1, 0.15) is 12.6 Å². The van der Waals surface area contributed by atoms with Gasteiger partial charge < -0.3 is 4.74 Å². The second-order valence-corrected chi connectivity index (χ2v) is 4.42. The number of halogens is 3. The van der Waals surface area contributed by atoms with Crippen molar-refractivity contribution in [3.05, 3.63) is 46.3 Å². The fourth-order valence-electron chi connectivity index (χ4n) is 1.35. The maximum atomic E-state index is 13.5. The molecule has 6 heteroatoms. The molecule has 0 aliphatic carbocycles. The molecule has 0 spiro atoms. The van der Waals surface area contributed by atoms with E-state index in [1.165, 1.54) is 12.4 Å². The van der Waals surface area contributed by atoms with Crippen molar-refractivity contribution < 1.29 is 13.5 Å². The summed E-state index contributed by atoms with van der Waals surface area (Å²) in [6, 6.07) is 3.95. The maximum absolute atomic E-state index is 13.5. The summed E-state index contributed by atoms with van der Waals surface area (Å²) in [4.78, 5) is 7.83. The first-order valence-electron chi connectivity index (χ1n) is 5.23. The Bertz CT molecular complexity index is 578. The second kappa shape index (κ2) is 5.39. The Balaban J connectivity index is 2.33. The van der Waals surface area contributed by atoms with Crippen LogP contribution in [0, 0.1) is 11.6 Å².